The number of hydrogen-bond acceptors (Lipinski definition) is 3. The van der Waals surface area contributed by atoms with E-state index in [-0.39, 0.29) is 0 Å². The van der Waals surface area contributed by atoms with E-state index in [4.69, 9.17) is 4.74 Å². The number of ether oxygens (including phenoxy) is 1. The molecule has 1 N–H and O–H groups in total. The number of hydrogen-bond donors (Lipinski definition) is 1. The minimum atomic E-state index is 0.613. The second kappa shape index (κ2) is 5.93. The second-order valence-electron chi connectivity index (χ2n) is 5.56. The molecular formula is C16H24N2O. The van der Waals surface area contributed by atoms with Crippen molar-refractivity contribution in [3.8, 4) is 5.75 Å². The van der Waals surface area contributed by atoms with Crippen molar-refractivity contribution < 1.29 is 4.74 Å². The molecule has 0 amide bonds. The van der Waals surface area contributed by atoms with Crippen LogP contribution in [0.25, 0.3) is 0 Å². The summed E-state index contributed by atoms with van der Waals surface area (Å²) in [5.41, 5.74) is 2.82. The van der Waals surface area contributed by atoms with Gasteiger partial charge >= 0.3 is 0 Å². The van der Waals surface area contributed by atoms with Gasteiger partial charge < -0.3 is 10.1 Å². The van der Waals surface area contributed by atoms with Gasteiger partial charge in [0.25, 0.3) is 0 Å². The molecule has 1 atom stereocenters. The van der Waals surface area contributed by atoms with Gasteiger partial charge in [-0.05, 0) is 56.1 Å². The van der Waals surface area contributed by atoms with Gasteiger partial charge in [0.05, 0.1) is 0 Å². The van der Waals surface area contributed by atoms with E-state index in [1.165, 1.54) is 30.5 Å². The monoisotopic (exact) mass is 260 g/mol. The molecule has 1 aromatic rings. The third-order valence-electron chi connectivity index (χ3n) is 4.43. The van der Waals surface area contributed by atoms with Gasteiger partial charge in [-0.25, -0.2) is 0 Å². The molecule has 2 heterocycles. The Morgan fingerprint density at radius 3 is 3.26 bits per heavy atom. The number of likely N-dealkylation sites (tertiary alicyclic amines) is 1. The topological polar surface area (TPSA) is 24.5 Å². The lowest BCUT2D eigenvalue weighted by Crippen LogP contribution is -2.34. The fourth-order valence-electron chi connectivity index (χ4n) is 3.32. The Bertz CT molecular complexity index is 433. The molecule has 0 saturated carbocycles. The second-order valence-corrected chi connectivity index (χ2v) is 5.56. The Balaban J connectivity index is 1.67. The fraction of sp³-hybridized carbons (Fsp3) is 0.625. The van der Waals surface area contributed by atoms with Crippen LogP contribution in [-0.2, 0) is 13.0 Å². The maximum atomic E-state index is 6.15. The largest absolute Gasteiger partial charge is 0.492 e. The molecule has 3 heteroatoms. The molecule has 1 fully saturated rings. The minimum Gasteiger partial charge on any atom is -0.492 e. The van der Waals surface area contributed by atoms with E-state index in [2.05, 4.69) is 35.3 Å². The third-order valence-corrected chi connectivity index (χ3v) is 4.43. The predicted molar refractivity (Wildman–Crippen MR) is 77.6 cm³/mol. The number of nitrogens with zero attached hydrogens (tertiary/aromatic N) is 1. The fourth-order valence-corrected chi connectivity index (χ4v) is 3.32. The summed E-state index contributed by atoms with van der Waals surface area (Å²) in [5.74, 6) is 1.11. The van der Waals surface area contributed by atoms with E-state index in [9.17, 15) is 0 Å². The summed E-state index contributed by atoms with van der Waals surface area (Å²) in [6.45, 7) is 7.52. The van der Waals surface area contributed by atoms with Crippen molar-refractivity contribution in [2.75, 3.05) is 26.2 Å². The highest BCUT2D eigenvalue weighted by atomic mass is 16.5. The van der Waals surface area contributed by atoms with Crippen LogP contribution in [-0.4, -0.2) is 37.2 Å². The SMILES string of the molecule is CCN1CCCC1COc1cccc2c1CCNC2. The molecule has 2 aliphatic rings. The third kappa shape index (κ3) is 2.77. The molecule has 104 valence electrons. The highest BCUT2D eigenvalue weighted by molar-refractivity contribution is 5.41. The van der Waals surface area contributed by atoms with E-state index in [0.717, 1.165) is 38.4 Å². The Kier molecular flexibility index (Phi) is 4.04. The van der Waals surface area contributed by atoms with Crippen molar-refractivity contribution in [2.45, 2.75) is 38.8 Å². The molecule has 0 spiro atoms. The van der Waals surface area contributed by atoms with Crippen molar-refractivity contribution in [1.82, 2.24) is 10.2 Å². The van der Waals surface area contributed by atoms with Gasteiger partial charge in [-0.2, -0.15) is 0 Å². The van der Waals surface area contributed by atoms with E-state index in [1.807, 2.05) is 0 Å². The molecule has 2 aliphatic heterocycles. The van der Waals surface area contributed by atoms with Crippen LogP contribution >= 0.6 is 0 Å². The molecule has 0 aromatic heterocycles. The molecule has 0 radical (unpaired) electrons. The van der Waals surface area contributed by atoms with Crippen molar-refractivity contribution in [3.05, 3.63) is 29.3 Å². The summed E-state index contributed by atoms with van der Waals surface area (Å²) in [6.07, 6.45) is 3.69. The average molecular weight is 260 g/mol. The number of benzene rings is 1. The van der Waals surface area contributed by atoms with Gasteiger partial charge in [-0.3, -0.25) is 4.90 Å². The van der Waals surface area contributed by atoms with Gasteiger partial charge in [-0.1, -0.05) is 19.1 Å². The summed E-state index contributed by atoms with van der Waals surface area (Å²) < 4.78 is 6.15. The van der Waals surface area contributed by atoms with Crippen LogP contribution in [0.3, 0.4) is 0 Å². The molecular weight excluding hydrogens is 236 g/mol. The van der Waals surface area contributed by atoms with E-state index >= 15 is 0 Å². The van der Waals surface area contributed by atoms with E-state index in [1.54, 1.807) is 0 Å². The van der Waals surface area contributed by atoms with Gasteiger partial charge in [0.15, 0.2) is 0 Å². The summed E-state index contributed by atoms with van der Waals surface area (Å²) in [7, 11) is 0. The smallest absolute Gasteiger partial charge is 0.122 e. The van der Waals surface area contributed by atoms with Crippen molar-refractivity contribution >= 4 is 0 Å². The van der Waals surface area contributed by atoms with Crippen molar-refractivity contribution in [1.29, 1.82) is 0 Å². The van der Waals surface area contributed by atoms with Gasteiger partial charge in [-0.15, -0.1) is 0 Å². The van der Waals surface area contributed by atoms with Crippen LogP contribution < -0.4 is 10.1 Å². The van der Waals surface area contributed by atoms with Crippen LogP contribution in [0.1, 0.15) is 30.9 Å². The maximum absolute atomic E-state index is 6.15. The molecule has 19 heavy (non-hydrogen) atoms. The first-order valence-electron chi connectivity index (χ1n) is 7.57. The average Bonchev–Trinajstić information content (AvgIpc) is 2.92. The highest BCUT2D eigenvalue weighted by Crippen LogP contribution is 2.26. The van der Waals surface area contributed by atoms with Crippen molar-refractivity contribution in [3.63, 3.8) is 0 Å². The predicted octanol–water partition coefficient (Wildman–Crippen LogP) is 2.20. The standard InChI is InChI=1S/C16H24N2O/c1-2-18-10-4-6-14(18)12-19-16-7-3-5-13-11-17-9-8-15(13)16/h3,5,7,14,17H,2,4,6,8-12H2,1H3. The maximum Gasteiger partial charge on any atom is 0.122 e. The summed E-state index contributed by atoms with van der Waals surface area (Å²) in [5, 5.41) is 3.42. The summed E-state index contributed by atoms with van der Waals surface area (Å²) in [4.78, 5) is 2.54. The van der Waals surface area contributed by atoms with E-state index < -0.39 is 0 Å². The first-order valence-corrected chi connectivity index (χ1v) is 7.57. The number of likely N-dealkylation sites (N-methyl/N-ethyl adjacent to an activating group) is 1. The first-order chi connectivity index (χ1) is 9.38. The molecule has 1 aromatic carbocycles. The normalized spacial score (nSPS) is 23.3. The Hall–Kier alpha value is -1.06. The summed E-state index contributed by atoms with van der Waals surface area (Å²) in [6, 6.07) is 7.08. The first kappa shape index (κ1) is 12.9. The molecule has 1 unspecified atom stereocenters. The molecule has 0 aliphatic carbocycles. The number of nitrogens with one attached hydrogen (secondary N) is 1. The summed E-state index contributed by atoms with van der Waals surface area (Å²) >= 11 is 0. The van der Waals surface area contributed by atoms with Gasteiger partial charge in [0.1, 0.15) is 12.4 Å². The Morgan fingerprint density at radius 1 is 1.42 bits per heavy atom. The zero-order valence-electron chi connectivity index (χ0n) is 11.8. The number of rotatable bonds is 4. The molecule has 1 saturated heterocycles. The van der Waals surface area contributed by atoms with E-state index in [0.29, 0.717) is 6.04 Å². The van der Waals surface area contributed by atoms with Crippen molar-refractivity contribution in [2.24, 2.45) is 0 Å². The lowest BCUT2D eigenvalue weighted by Gasteiger charge is -2.25. The number of fused-ring (bicyclic) bond motifs is 1. The van der Waals surface area contributed by atoms with Gasteiger partial charge in [0, 0.05) is 12.6 Å². The highest BCUT2D eigenvalue weighted by Gasteiger charge is 2.24. The minimum absolute atomic E-state index is 0.613. The van der Waals surface area contributed by atoms with Crippen LogP contribution in [0.2, 0.25) is 0 Å². The Morgan fingerprint density at radius 2 is 2.37 bits per heavy atom. The van der Waals surface area contributed by atoms with Gasteiger partial charge in [0.2, 0.25) is 0 Å². The van der Waals surface area contributed by atoms with Crippen LogP contribution in [0.4, 0.5) is 0 Å². The Labute approximate surface area is 115 Å². The molecule has 0 bridgehead atoms. The lowest BCUT2D eigenvalue weighted by atomic mass is 10.0. The molecule has 3 rings (SSSR count). The van der Waals surface area contributed by atoms with Crippen LogP contribution in [0.5, 0.6) is 5.75 Å². The quantitative estimate of drug-likeness (QED) is 0.898. The zero-order valence-corrected chi connectivity index (χ0v) is 11.8. The lowest BCUT2D eigenvalue weighted by molar-refractivity contribution is 0.177. The molecule has 3 nitrogen and oxygen atoms in total. The van der Waals surface area contributed by atoms with Crippen LogP contribution in [0.15, 0.2) is 18.2 Å². The van der Waals surface area contributed by atoms with Crippen LogP contribution in [0, 0.1) is 0 Å². The zero-order chi connectivity index (χ0) is 13.1.